The Kier molecular flexibility index (Phi) is 5.02. The Hall–Kier alpha value is -2.37. The van der Waals surface area contributed by atoms with Gasteiger partial charge in [0, 0.05) is 17.6 Å². The van der Waals surface area contributed by atoms with E-state index in [-0.39, 0.29) is 11.3 Å². The monoisotopic (exact) mass is 372 g/mol. The minimum atomic E-state index is -0.528. The molecular weight excluding hydrogens is 344 g/mol. The minimum absolute atomic E-state index is 0.0170. The molecule has 0 atom stereocenters. The van der Waals surface area contributed by atoms with Crippen LogP contribution in [0.1, 0.15) is 58.4 Å². The normalized spacial score (nSPS) is 26.5. The number of ether oxygens (including phenoxy) is 1. The first-order valence-corrected chi connectivity index (χ1v) is 9.49. The standard InChI is InChI=1S/C21H28N2O4/c1-19(2,3)27-18(26)22-12-15-4-6-16(7-5-15)23-17(25)21-10-8-20(13-21,14-24)9-11-21/h4-7,14H,8-13H2,1-3H3,(H,22,26)(H,23,25). The van der Waals surface area contributed by atoms with E-state index in [0.717, 1.165) is 43.2 Å². The molecule has 0 spiro atoms. The molecule has 1 aromatic carbocycles. The zero-order chi connectivity index (χ0) is 19.7. The fraction of sp³-hybridized carbons (Fsp3) is 0.571. The van der Waals surface area contributed by atoms with Gasteiger partial charge in [-0.15, -0.1) is 0 Å². The van der Waals surface area contributed by atoms with Gasteiger partial charge in [-0.2, -0.15) is 0 Å². The molecule has 2 aliphatic rings. The number of hydrogen-bond acceptors (Lipinski definition) is 4. The molecule has 2 amide bonds. The Labute approximate surface area is 160 Å². The highest BCUT2D eigenvalue weighted by molar-refractivity contribution is 5.96. The summed E-state index contributed by atoms with van der Waals surface area (Å²) < 4.78 is 5.21. The van der Waals surface area contributed by atoms with Crippen LogP contribution >= 0.6 is 0 Å². The summed E-state index contributed by atoms with van der Waals surface area (Å²) in [6.07, 6.45) is 4.48. The van der Waals surface area contributed by atoms with Gasteiger partial charge in [0.15, 0.2) is 0 Å². The number of carbonyl (C=O) groups is 3. The zero-order valence-corrected chi connectivity index (χ0v) is 16.3. The van der Waals surface area contributed by atoms with E-state index in [1.54, 1.807) is 0 Å². The Morgan fingerprint density at radius 3 is 2.26 bits per heavy atom. The zero-order valence-electron chi connectivity index (χ0n) is 16.3. The molecular formula is C21H28N2O4. The Bertz CT molecular complexity index is 726. The van der Waals surface area contributed by atoms with Gasteiger partial charge < -0.3 is 20.2 Å². The van der Waals surface area contributed by atoms with Crippen molar-refractivity contribution in [2.45, 2.75) is 65.0 Å². The van der Waals surface area contributed by atoms with Crippen LogP contribution in [0.3, 0.4) is 0 Å². The number of aldehydes is 1. The fourth-order valence-electron chi connectivity index (χ4n) is 4.18. The first-order valence-electron chi connectivity index (χ1n) is 9.49. The van der Waals surface area contributed by atoms with Crippen molar-refractivity contribution in [3.05, 3.63) is 29.8 Å². The molecule has 0 unspecified atom stereocenters. The van der Waals surface area contributed by atoms with Crippen molar-refractivity contribution in [3.8, 4) is 0 Å². The van der Waals surface area contributed by atoms with Crippen LogP contribution in [0, 0.1) is 10.8 Å². The van der Waals surface area contributed by atoms with Gasteiger partial charge in [-0.1, -0.05) is 12.1 Å². The molecule has 0 heterocycles. The van der Waals surface area contributed by atoms with Crippen LogP contribution in [-0.4, -0.2) is 23.9 Å². The van der Waals surface area contributed by atoms with Crippen LogP contribution in [0.15, 0.2) is 24.3 Å². The molecule has 0 aromatic heterocycles. The number of fused-ring (bicyclic) bond motifs is 2. The summed E-state index contributed by atoms with van der Waals surface area (Å²) in [5.41, 5.74) is 0.455. The van der Waals surface area contributed by atoms with Crippen LogP contribution in [0.25, 0.3) is 0 Å². The molecule has 1 aromatic rings. The fourth-order valence-corrected chi connectivity index (χ4v) is 4.18. The number of carbonyl (C=O) groups excluding carboxylic acids is 3. The summed E-state index contributed by atoms with van der Waals surface area (Å²) in [6, 6.07) is 7.39. The lowest BCUT2D eigenvalue weighted by molar-refractivity contribution is -0.125. The maximum absolute atomic E-state index is 12.8. The number of nitrogens with one attached hydrogen (secondary N) is 2. The van der Waals surface area contributed by atoms with Crippen molar-refractivity contribution < 1.29 is 19.1 Å². The maximum Gasteiger partial charge on any atom is 0.407 e. The summed E-state index contributed by atoms with van der Waals surface area (Å²) in [4.78, 5) is 35.8. The highest BCUT2D eigenvalue weighted by Gasteiger charge is 2.57. The van der Waals surface area contributed by atoms with E-state index in [9.17, 15) is 14.4 Å². The number of alkyl carbamates (subject to hydrolysis) is 1. The summed E-state index contributed by atoms with van der Waals surface area (Å²) in [7, 11) is 0. The van der Waals surface area contributed by atoms with Crippen LogP contribution < -0.4 is 10.6 Å². The predicted octanol–water partition coefficient (Wildman–Crippen LogP) is 3.80. The smallest absolute Gasteiger partial charge is 0.407 e. The lowest BCUT2D eigenvalue weighted by Gasteiger charge is -2.25. The van der Waals surface area contributed by atoms with Gasteiger partial charge in [0.25, 0.3) is 0 Å². The maximum atomic E-state index is 12.8. The van der Waals surface area contributed by atoms with Crippen molar-refractivity contribution >= 4 is 24.0 Å². The SMILES string of the molecule is CC(C)(C)OC(=O)NCc1ccc(NC(=O)C23CCC(C=O)(CC2)C3)cc1. The molecule has 6 nitrogen and oxygen atoms in total. The van der Waals surface area contributed by atoms with E-state index in [2.05, 4.69) is 10.6 Å². The number of benzene rings is 1. The first kappa shape index (κ1) is 19.4. The quantitative estimate of drug-likeness (QED) is 0.770. The molecule has 2 N–H and O–H groups in total. The second-order valence-corrected chi connectivity index (χ2v) is 8.94. The first-order chi connectivity index (χ1) is 12.7. The van der Waals surface area contributed by atoms with Crippen molar-refractivity contribution in [3.63, 3.8) is 0 Å². The average molecular weight is 372 g/mol. The molecule has 3 rings (SSSR count). The molecule has 27 heavy (non-hydrogen) atoms. The largest absolute Gasteiger partial charge is 0.444 e. The third-order valence-electron chi connectivity index (χ3n) is 5.67. The van der Waals surface area contributed by atoms with Crippen LogP contribution in [0.2, 0.25) is 0 Å². The molecule has 2 bridgehead atoms. The van der Waals surface area contributed by atoms with Crippen molar-refractivity contribution in [2.24, 2.45) is 10.8 Å². The number of amides is 2. The number of hydrogen-bond donors (Lipinski definition) is 2. The van der Waals surface area contributed by atoms with E-state index in [0.29, 0.717) is 13.0 Å². The van der Waals surface area contributed by atoms with E-state index in [1.807, 2.05) is 45.0 Å². The van der Waals surface area contributed by atoms with E-state index in [1.165, 1.54) is 0 Å². The Morgan fingerprint density at radius 2 is 1.74 bits per heavy atom. The minimum Gasteiger partial charge on any atom is -0.444 e. The second kappa shape index (κ2) is 6.98. The third-order valence-corrected chi connectivity index (χ3v) is 5.67. The third kappa shape index (κ3) is 4.31. The highest BCUT2D eigenvalue weighted by atomic mass is 16.6. The lowest BCUT2D eigenvalue weighted by atomic mass is 9.82. The van der Waals surface area contributed by atoms with Gasteiger partial charge in [-0.25, -0.2) is 4.79 Å². The molecule has 2 aliphatic carbocycles. The number of rotatable bonds is 5. The van der Waals surface area contributed by atoms with Gasteiger partial charge >= 0.3 is 6.09 Å². The Morgan fingerprint density at radius 1 is 1.11 bits per heavy atom. The molecule has 146 valence electrons. The molecule has 0 saturated heterocycles. The lowest BCUT2D eigenvalue weighted by Crippen LogP contribution is -2.32. The van der Waals surface area contributed by atoms with Crippen molar-refractivity contribution in [1.29, 1.82) is 0 Å². The van der Waals surface area contributed by atoms with Gasteiger partial charge in [-0.05, 0) is 70.6 Å². The van der Waals surface area contributed by atoms with Crippen molar-refractivity contribution in [1.82, 2.24) is 5.32 Å². The van der Waals surface area contributed by atoms with Crippen LogP contribution in [-0.2, 0) is 20.9 Å². The summed E-state index contributed by atoms with van der Waals surface area (Å²) >= 11 is 0. The van der Waals surface area contributed by atoms with E-state index in [4.69, 9.17) is 4.74 Å². The van der Waals surface area contributed by atoms with Crippen molar-refractivity contribution in [2.75, 3.05) is 5.32 Å². The highest BCUT2D eigenvalue weighted by Crippen LogP contribution is 2.60. The average Bonchev–Trinajstić information content (AvgIpc) is 3.18. The van der Waals surface area contributed by atoms with Crippen LogP contribution in [0.4, 0.5) is 10.5 Å². The molecule has 6 heteroatoms. The summed E-state index contributed by atoms with van der Waals surface area (Å²) in [5.74, 6) is 0.0170. The number of anilines is 1. The second-order valence-electron chi connectivity index (χ2n) is 8.94. The van der Waals surface area contributed by atoms with E-state index >= 15 is 0 Å². The Balaban J connectivity index is 1.53. The summed E-state index contributed by atoms with van der Waals surface area (Å²) in [5, 5.41) is 5.71. The molecule has 0 radical (unpaired) electrons. The molecule has 2 saturated carbocycles. The van der Waals surface area contributed by atoms with Gasteiger partial charge in [-0.3, -0.25) is 4.79 Å². The van der Waals surface area contributed by atoms with Gasteiger partial charge in [0.2, 0.25) is 5.91 Å². The summed E-state index contributed by atoms with van der Waals surface area (Å²) in [6.45, 7) is 5.81. The van der Waals surface area contributed by atoms with Gasteiger partial charge in [0.1, 0.15) is 11.9 Å². The van der Waals surface area contributed by atoms with E-state index < -0.39 is 17.1 Å². The molecule has 2 fully saturated rings. The van der Waals surface area contributed by atoms with Gasteiger partial charge in [0.05, 0.1) is 5.41 Å². The van der Waals surface area contributed by atoms with Crippen LogP contribution in [0.5, 0.6) is 0 Å². The predicted molar refractivity (Wildman–Crippen MR) is 102 cm³/mol. The topological polar surface area (TPSA) is 84.5 Å². The molecule has 0 aliphatic heterocycles.